The van der Waals surface area contributed by atoms with E-state index in [4.69, 9.17) is 4.74 Å². The highest BCUT2D eigenvalue weighted by Gasteiger charge is 2.55. The third kappa shape index (κ3) is 4.32. The van der Waals surface area contributed by atoms with Crippen LogP contribution in [0.5, 0.6) is 0 Å². The molecule has 0 aromatic rings. The van der Waals surface area contributed by atoms with Crippen molar-refractivity contribution in [3.63, 3.8) is 0 Å². The first kappa shape index (κ1) is 19.3. The molecule has 2 aliphatic carbocycles. The van der Waals surface area contributed by atoms with E-state index in [1.54, 1.807) is 0 Å². The van der Waals surface area contributed by atoms with Gasteiger partial charge in [-0.1, -0.05) is 29.5 Å². The van der Waals surface area contributed by atoms with E-state index >= 15 is 0 Å². The predicted molar refractivity (Wildman–Crippen MR) is 88.2 cm³/mol. The lowest BCUT2D eigenvalue weighted by molar-refractivity contribution is -0.260. The maximum absolute atomic E-state index is 12.9. The molecular formula is C16H24F3IO3. The van der Waals surface area contributed by atoms with Crippen LogP contribution < -0.4 is 0 Å². The molecule has 2 fully saturated rings. The summed E-state index contributed by atoms with van der Waals surface area (Å²) in [5.74, 6) is 0.271. The molecular weight excluding hydrogens is 424 g/mol. The fraction of sp³-hybridized carbons (Fsp3) is 0.938. The second-order valence-corrected chi connectivity index (χ2v) is 8.74. The minimum atomic E-state index is -4.60. The zero-order valence-electron chi connectivity index (χ0n) is 13.4. The summed E-state index contributed by atoms with van der Waals surface area (Å²) in [7, 11) is 0. The van der Waals surface area contributed by atoms with Gasteiger partial charge in [0.25, 0.3) is 0 Å². The number of esters is 1. The summed E-state index contributed by atoms with van der Waals surface area (Å²) in [6.07, 6.45) is -1.61. The third-order valence-electron chi connectivity index (χ3n) is 5.41. The largest absolute Gasteiger partial charge is 0.465 e. The number of hydrogen-bond acceptors (Lipinski definition) is 3. The van der Waals surface area contributed by atoms with Crippen molar-refractivity contribution < 1.29 is 27.8 Å². The van der Waals surface area contributed by atoms with Crippen LogP contribution in [0.25, 0.3) is 0 Å². The summed E-state index contributed by atoms with van der Waals surface area (Å²) in [6.45, 7) is 3.06. The van der Waals surface area contributed by atoms with E-state index in [0.717, 1.165) is 26.2 Å². The van der Waals surface area contributed by atoms with Crippen LogP contribution in [0.15, 0.2) is 0 Å². The zero-order valence-corrected chi connectivity index (χ0v) is 15.6. The second kappa shape index (κ2) is 7.06. The number of hydrogen-bond donors (Lipinski definition) is 1. The smallest absolute Gasteiger partial charge is 0.416 e. The fourth-order valence-electron chi connectivity index (χ4n) is 4.15. The highest BCUT2D eigenvalue weighted by atomic mass is 127. The van der Waals surface area contributed by atoms with Crippen LogP contribution in [-0.2, 0) is 9.53 Å². The van der Waals surface area contributed by atoms with Gasteiger partial charge in [0, 0.05) is 0 Å². The van der Waals surface area contributed by atoms with Gasteiger partial charge in [-0.2, -0.15) is 13.2 Å². The number of carbonyl (C=O) groups excluding carboxylic acids is 1. The molecule has 2 aliphatic rings. The predicted octanol–water partition coefficient (Wildman–Crippen LogP) is 4.11. The number of fused-ring (bicyclic) bond motifs is 2. The SMILES string of the molecule is CCC(I)C(=O)OCC1CC2CC(CC(C)(O)C(F)(F)F)C1C2. The lowest BCUT2D eigenvalue weighted by atomic mass is 9.75. The molecule has 0 amide bonds. The van der Waals surface area contributed by atoms with E-state index in [9.17, 15) is 23.1 Å². The summed E-state index contributed by atoms with van der Waals surface area (Å²) in [5.41, 5.74) is -2.64. The summed E-state index contributed by atoms with van der Waals surface area (Å²) >= 11 is 2.04. The van der Waals surface area contributed by atoms with Crippen LogP contribution >= 0.6 is 22.6 Å². The molecule has 23 heavy (non-hydrogen) atoms. The maximum Gasteiger partial charge on any atom is 0.416 e. The molecule has 0 aromatic heterocycles. The molecule has 0 spiro atoms. The Labute approximate surface area is 148 Å². The molecule has 3 nitrogen and oxygen atoms in total. The Hall–Kier alpha value is -0.0500. The first-order valence-electron chi connectivity index (χ1n) is 8.15. The van der Waals surface area contributed by atoms with Gasteiger partial charge < -0.3 is 9.84 Å². The number of ether oxygens (including phenoxy) is 1. The van der Waals surface area contributed by atoms with Gasteiger partial charge in [0.05, 0.1) is 6.61 Å². The fourth-order valence-corrected chi connectivity index (χ4v) is 4.33. The molecule has 6 atom stereocenters. The van der Waals surface area contributed by atoms with Crippen molar-refractivity contribution in [1.29, 1.82) is 0 Å². The van der Waals surface area contributed by atoms with Gasteiger partial charge in [-0.15, -0.1) is 0 Å². The minimum absolute atomic E-state index is 0.121. The molecule has 134 valence electrons. The first-order chi connectivity index (χ1) is 10.5. The average Bonchev–Trinajstić information content (AvgIpc) is 3.01. The normalized spacial score (nSPS) is 34.2. The number of rotatable bonds is 6. The van der Waals surface area contributed by atoms with Gasteiger partial charge in [-0.05, 0) is 62.7 Å². The Morgan fingerprint density at radius 1 is 1.30 bits per heavy atom. The van der Waals surface area contributed by atoms with Crippen LogP contribution in [0.2, 0.25) is 0 Å². The van der Waals surface area contributed by atoms with E-state index in [0.29, 0.717) is 18.9 Å². The van der Waals surface area contributed by atoms with Crippen LogP contribution in [0.4, 0.5) is 13.2 Å². The lowest BCUT2D eigenvalue weighted by Crippen LogP contribution is -2.45. The van der Waals surface area contributed by atoms with E-state index in [2.05, 4.69) is 0 Å². The number of aliphatic hydroxyl groups is 1. The molecule has 7 heteroatoms. The molecule has 0 aromatic carbocycles. The summed E-state index contributed by atoms with van der Waals surface area (Å²) < 4.78 is 43.8. The minimum Gasteiger partial charge on any atom is -0.465 e. The number of halogens is 4. The quantitative estimate of drug-likeness (QED) is 0.378. The van der Waals surface area contributed by atoms with E-state index < -0.39 is 11.8 Å². The summed E-state index contributed by atoms with van der Waals surface area (Å²) in [5, 5.41) is 9.74. The molecule has 0 heterocycles. The van der Waals surface area contributed by atoms with Gasteiger partial charge in [-0.25, -0.2) is 0 Å². The van der Waals surface area contributed by atoms with Crippen LogP contribution in [0, 0.1) is 23.7 Å². The average molecular weight is 448 g/mol. The third-order valence-corrected chi connectivity index (χ3v) is 6.80. The van der Waals surface area contributed by atoms with Crippen molar-refractivity contribution in [2.45, 2.75) is 61.7 Å². The molecule has 2 saturated carbocycles. The van der Waals surface area contributed by atoms with Crippen molar-refractivity contribution in [2.24, 2.45) is 23.7 Å². The van der Waals surface area contributed by atoms with Crippen LogP contribution in [0.1, 0.15) is 46.0 Å². The lowest BCUT2D eigenvalue weighted by Gasteiger charge is -2.35. The van der Waals surface area contributed by atoms with Crippen LogP contribution in [0.3, 0.4) is 0 Å². The van der Waals surface area contributed by atoms with Gasteiger partial charge in [0.2, 0.25) is 0 Å². The van der Waals surface area contributed by atoms with Gasteiger partial charge >= 0.3 is 12.1 Å². The van der Waals surface area contributed by atoms with E-state index in [-0.39, 0.29) is 34.1 Å². The van der Waals surface area contributed by atoms with Gasteiger partial charge in [-0.3, -0.25) is 4.79 Å². The Bertz CT molecular complexity index is 439. The first-order valence-corrected chi connectivity index (χ1v) is 9.39. The van der Waals surface area contributed by atoms with Crippen molar-refractivity contribution in [3.05, 3.63) is 0 Å². The van der Waals surface area contributed by atoms with Crippen molar-refractivity contribution in [1.82, 2.24) is 0 Å². The standard InChI is InChI=1S/C16H24F3IO3/c1-3-13(20)14(21)23-8-11-5-9-4-10(12(11)6-9)7-15(2,22)16(17,18)19/h9-13,22H,3-8H2,1-2H3. The number of alkyl halides is 4. The van der Waals surface area contributed by atoms with Crippen molar-refractivity contribution in [3.8, 4) is 0 Å². The van der Waals surface area contributed by atoms with Crippen molar-refractivity contribution in [2.75, 3.05) is 6.61 Å². The monoisotopic (exact) mass is 448 g/mol. The van der Waals surface area contributed by atoms with Crippen molar-refractivity contribution >= 4 is 28.6 Å². The highest BCUT2D eigenvalue weighted by Crippen LogP contribution is 2.55. The summed E-state index contributed by atoms with van der Waals surface area (Å²) in [6, 6.07) is 0. The molecule has 2 rings (SSSR count). The van der Waals surface area contributed by atoms with E-state index in [1.807, 2.05) is 29.5 Å². The molecule has 1 N–H and O–H groups in total. The zero-order chi connectivity index (χ0) is 17.4. The summed E-state index contributed by atoms with van der Waals surface area (Å²) in [4.78, 5) is 11.8. The van der Waals surface area contributed by atoms with Crippen LogP contribution in [-0.4, -0.2) is 33.4 Å². The maximum atomic E-state index is 12.9. The molecule has 0 aliphatic heterocycles. The van der Waals surface area contributed by atoms with Gasteiger partial charge in [0.15, 0.2) is 5.60 Å². The molecule has 0 radical (unpaired) electrons. The Morgan fingerprint density at radius 2 is 1.91 bits per heavy atom. The Balaban J connectivity index is 1.91. The number of carbonyl (C=O) groups is 1. The Morgan fingerprint density at radius 3 is 2.43 bits per heavy atom. The Kier molecular flexibility index (Phi) is 5.91. The van der Waals surface area contributed by atoms with Gasteiger partial charge in [0.1, 0.15) is 3.92 Å². The molecule has 6 unspecified atom stereocenters. The topological polar surface area (TPSA) is 46.5 Å². The van der Waals surface area contributed by atoms with E-state index in [1.165, 1.54) is 0 Å². The highest BCUT2D eigenvalue weighted by molar-refractivity contribution is 14.1. The molecule has 0 saturated heterocycles. The molecule has 2 bridgehead atoms. The second-order valence-electron chi connectivity index (χ2n) is 7.24.